The summed E-state index contributed by atoms with van der Waals surface area (Å²) >= 11 is 0. The number of aromatic carboxylic acids is 1. The van der Waals surface area contributed by atoms with Crippen LogP contribution in [-0.2, 0) is 0 Å². The third kappa shape index (κ3) is 2.28. The van der Waals surface area contributed by atoms with Crippen LogP contribution < -0.4 is 0 Å². The molecule has 0 saturated heterocycles. The zero-order valence-corrected chi connectivity index (χ0v) is 9.58. The molecule has 0 aliphatic heterocycles. The lowest BCUT2D eigenvalue weighted by atomic mass is 10.1. The van der Waals surface area contributed by atoms with Gasteiger partial charge in [0.25, 0.3) is 0 Å². The summed E-state index contributed by atoms with van der Waals surface area (Å²) in [4.78, 5) is 27.2. The molecule has 7 nitrogen and oxygen atoms in total. The number of nitrogens with zero attached hydrogens (tertiary/aromatic N) is 3. The van der Waals surface area contributed by atoms with E-state index in [1.54, 1.807) is 0 Å². The molecular weight excluding hydrogens is 276 g/mol. The van der Waals surface area contributed by atoms with Crippen molar-refractivity contribution in [3.63, 3.8) is 0 Å². The minimum atomic E-state index is -1.42. The van der Waals surface area contributed by atoms with Crippen LogP contribution in [-0.4, -0.2) is 26.0 Å². The van der Waals surface area contributed by atoms with E-state index in [0.29, 0.717) is 12.1 Å². The van der Waals surface area contributed by atoms with E-state index in [0.717, 1.165) is 12.4 Å². The van der Waals surface area contributed by atoms with Crippen LogP contribution in [0, 0.1) is 21.7 Å². The fraction of sp³-hybridized carbons (Fsp3) is 0. The SMILES string of the molecule is O=C(O)c1cnc(-c2c(F)ccc([N+](=O)[O-])c2F)nc1. The number of nitro groups is 1. The summed E-state index contributed by atoms with van der Waals surface area (Å²) in [7, 11) is 0. The van der Waals surface area contributed by atoms with Crippen molar-refractivity contribution in [2.75, 3.05) is 0 Å². The molecule has 0 bridgehead atoms. The number of carbonyl (C=O) groups is 1. The minimum Gasteiger partial charge on any atom is -0.478 e. The van der Waals surface area contributed by atoms with Gasteiger partial charge in [-0.1, -0.05) is 0 Å². The smallest absolute Gasteiger partial charge is 0.338 e. The number of carboxylic acid groups (broad SMARTS) is 1. The lowest BCUT2D eigenvalue weighted by molar-refractivity contribution is -0.387. The number of carboxylic acids is 1. The van der Waals surface area contributed by atoms with Gasteiger partial charge in [0.1, 0.15) is 5.82 Å². The highest BCUT2D eigenvalue weighted by Crippen LogP contribution is 2.29. The van der Waals surface area contributed by atoms with E-state index in [1.165, 1.54) is 0 Å². The highest BCUT2D eigenvalue weighted by molar-refractivity contribution is 5.86. The molecule has 2 aromatic rings. The topological polar surface area (TPSA) is 106 Å². The lowest BCUT2D eigenvalue weighted by Crippen LogP contribution is -2.03. The number of nitro benzene ring substituents is 1. The van der Waals surface area contributed by atoms with Gasteiger partial charge in [0.05, 0.1) is 16.1 Å². The molecule has 0 saturated carbocycles. The van der Waals surface area contributed by atoms with Crippen LogP contribution in [0.1, 0.15) is 10.4 Å². The summed E-state index contributed by atoms with van der Waals surface area (Å²) < 4.78 is 27.4. The van der Waals surface area contributed by atoms with Crippen LogP contribution in [0.5, 0.6) is 0 Å². The van der Waals surface area contributed by atoms with Gasteiger partial charge in [0, 0.05) is 18.5 Å². The second-order valence-corrected chi connectivity index (χ2v) is 3.61. The summed E-state index contributed by atoms with van der Waals surface area (Å²) in [6.07, 6.45) is 1.70. The Morgan fingerprint density at radius 2 is 1.85 bits per heavy atom. The van der Waals surface area contributed by atoms with Crippen molar-refractivity contribution in [1.29, 1.82) is 0 Å². The Kier molecular flexibility index (Phi) is 3.34. The number of aromatic nitrogens is 2. The van der Waals surface area contributed by atoms with Gasteiger partial charge in [-0.25, -0.2) is 19.2 Å². The zero-order valence-electron chi connectivity index (χ0n) is 9.58. The first kappa shape index (κ1) is 13.5. The largest absolute Gasteiger partial charge is 0.478 e. The van der Waals surface area contributed by atoms with Crippen LogP contribution in [0.25, 0.3) is 11.4 Å². The average molecular weight is 281 g/mol. The van der Waals surface area contributed by atoms with Crippen LogP contribution in [0.4, 0.5) is 14.5 Å². The second-order valence-electron chi connectivity index (χ2n) is 3.61. The van der Waals surface area contributed by atoms with Crippen molar-refractivity contribution in [2.45, 2.75) is 0 Å². The maximum Gasteiger partial charge on any atom is 0.338 e. The van der Waals surface area contributed by atoms with Crippen molar-refractivity contribution in [2.24, 2.45) is 0 Å². The van der Waals surface area contributed by atoms with Crippen LogP contribution in [0.2, 0.25) is 0 Å². The normalized spacial score (nSPS) is 10.3. The molecule has 20 heavy (non-hydrogen) atoms. The lowest BCUT2D eigenvalue weighted by Gasteiger charge is -2.04. The molecule has 9 heteroatoms. The van der Waals surface area contributed by atoms with Gasteiger partial charge in [-0.15, -0.1) is 0 Å². The second kappa shape index (κ2) is 4.96. The molecule has 102 valence electrons. The van der Waals surface area contributed by atoms with Gasteiger partial charge < -0.3 is 5.11 Å². The Morgan fingerprint density at radius 1 is 1.25 bits per heavy atom. The van der Waals surface area contributed by atoms with Crippen molar-refractivity contribution in [3.8, 4) is 11.4 Å². The molecule has 0 aliphatic carbocycles. The van der Waals surface area contributed by atoms with Crippen molar-refractivity contribution < 1.29 is 23.6 Å². The molecule has 0 radical (unpaired) electrons. The standard InChI is InChI=1S/C11H5F2N3O4/c12-6-1-2-7(16(19)20)9(13)8(6)10-14-3-5(4-15-10)11(17)18/h1-4H,(H,17,18). The van der Waals surface area contributed by atoms with Crippen molar-refractivity contribution >= 4 is 11.7 Å². The van der Waals surface area contributed by atoms with E-state index in [1.807, 2.05) is 0 Å². The summed E-state index contributed by atoms with van der Waals surface area (Å²) in [6, 6.07) is 1.39. The van der Waals surface area contributed by atoms with Crippen LogP contribution in [0.15, 0.2) is 24.5 Å². The zero-order chi connectivity index (χ0) is 14.9. The maximum atomic E-state index is 13.9. The Hall–Kier alpha value is -2.97. The van der Waals surface area contributed by atoms with E-state index in [-0.39, 0.29) is 5.56 Å². The molecular formula is C11H5F2N3O4. The van der Waals surface area contributed by atoms with Crippen LogP contribution in [0.3, 0.4) is 0 Å². The molecule has 0 unspecified atom stereocenters. The van der Waals surface area contributed by atoms with E-state index in [9.17, 15) is 23.7 Å². The van der Waals surface area contributed by atoms with E-state index < -0.39 is 39.6 Å². The fourth-order valence-electron chi connectivity index (χ4n) is 1.46. The molecule has 2 rings (SSSR count). The monoisotopic (exact) mass is 281 g/mol. The molecule has 1 N–H and O–H groups in total. The first-order chi connectivity index (χ1) is 9.41. The Bertz CT molecular complexity index is 704. The van der Waals surface area contributed by atoms with Gasteiger partial charge in [0.2, 0.25) is 5.82 Å². The summed E-state index contributed by atoms with van der Waals surface area (Å²) in [5.74, 6) is -4.29. The van der Waals surface area contributed by atoms with Crippen molar-refractivity contribution in [3.05, 3.63) is 51.8 Å². The number of rotatable bonds is 3. The predicted molar refractivity (Wildman–Crippen MR) is 61.0 cm³/mol. The molecule has 0 amide bonds. The summed E-state index contributed by atoms with van der Waals surface area (Å²) in [6.45, 7) is 0. The van der Waals surface area contributed by atoms with Gasteiger partial charge in [-0.3, -0.25) is 10.1 Å². The number of halogens is 2. The highest BCUT2D eigenvalue weighted by atomic mass is 19.1. The summed E-state index contributed by atoms with van der Waals surface area (Å²) in [5, 5.41) is 19.2. The van der Waals surface area contributed by atoms with Gasteiger partial charge in [0.15, 0.2) is 5.82 Å². The quantitative estimate of drug-likeness (QED) is 0.681. The molecule has 1 aromatic heterocycles. The van der Waals surface area contributed by atoms with E-state index >= 15 is 0 Å². The third-order valence-electron chi connectivity index (χ3n) is 2.39. The molecule has 0 fully saturated rings. The fourth-order valence-corrected chi connectivity index (χ4v) is 1.46. The molecule has 0 spiro atoms. The van der Waals surface area contributed by atoms with Gasteiger partial charge in [-0.2, -0.15) is 4.39 Å². The molecule has 0 atom stereocenters. The molecule has 1 heterocycles. The minimum absolute atomic E-state index is 0.278. The van der Waals surface area contributed by atoms with E-state index in [4.69, 9.17) is 5.11 Å². The summed E-state index contributed by atoms with van der Waals surface area (Å²) in [5.41, 5.74) is -1.98. The maximum absolute atomic E-state index is 13.9. The Balaban J connectivity index is 2.60. The number of hydrogen-bond donors (Lipinski definition) is 1. The van der Waals surface area contributed by atoms with Gasteiger partial charge >= 0.3 is 11.7 Å². The Labute approximate surface area is 109 Å². The van der Waals surface area contributed by atoms with Crippen LogP contribution >= 0.6 is 0 Å². The van der Waals surface area contributed by atoms with Gasteiger partial charge in [-0.05, 0) is 6.07 Å². The number of benzene rings is 1. The average Bonchev–Trinajstić information content (AvgIpc) is 2.38. The molecule has 1 aromatic carbocycles. The predicted octanol–water partition coefficient (Wildman–Crippen LogP) is 2.03. The van der Waals surface area contributed by atoms with E-state index in [2.05, 4.69) is 9.97 Å². The highest BCUT2D eigenvalue weighted by Gasteiger charge is 2.24. The first-order valence-corrected chi connectivity index (χ1v) is 5.10. The first-order valence-electron chi connectivity index (χ1n) is 5.10. The molecule has 0 aliphatic rings. The number of hydrogen-bond acceptors (Lipinski definition) is 5. The van der Waals surface area contributed by atoms with Crippen molar-refractivity contribution in [1.82, 2.24) is 9.97 Å². The Morgan fingerprint density at radius 3 is 2.35 bits per heavy atom. The third-order valence-corrected chi connectivity index (χ3v) is 2.39.